The number of carbonyl (C=O) groups is 1. The second kappa shape index (κ2) is 12.3. The Labute approximate surface area is 254 Å². The topological polar surface area (TPSA) is 108 Å². The van der Waals surface area contributed by atoms with Gasteiger partial charge in [0.15, 0.2) is 9.84 Å². The summed E-state index contributed by atoms with van der Waals surface area (Å²) in [7, 11) is 0.112. The first kappa shape index (κ1) is 30.5. The molecule has 2 heterocycles. The van der Waals surface area contributed by atoms with Crippen LogP contribution in [0.3, 0.4) is 0 Å². The molecule has 42 heavy (non-hydrogen) atoms. The predicted molar refractivity (Wildman–Crippen MR) is 169 cm³/mol. The van der Waals surface area contributed by atoms with Crippen molar-refractivity contribution in [3.8, 4) is 0 Å². The minimum Gasteiger partial charge on any atom is -0.358 e. The number of fused-ring (bicyclic) bond motifs is 1. The average Bonchev–Trinajstić information content (AvgIpc) is 3.33. The summed E-state index contributed by atoms with van der Waals surface area (Å²) in [6.07, 6.45) is 3.44. The van der Waals surface area contributed by atoms with Crippen molar-refractivity contribution in [1.82, 2.24) is 20.2 Å². The molecule has 11 heteroatoms. The smallest absolute Gasteiger partial charge is 0.245 e. The van der Waals surface area contributed by atoms with E-state index < -0.39 is 21.4 Å². The Morgan fingerprint density at radius 2 is 1.79 bits per heavy atom. The Bertz CT molecular complexity index is 1520. The first-order valence-electron chi connectivity index (χ1n) is 14.7. The van der Waals surface area contributed by atoms with Crippen LogP contribution >= 0.6 is 11.6 Å². The molecule has 1 saturated carbocycles. The van der Waals surface area contributed by atoms with E-state index in [2.05, 4.69) is 29.5 Å². The monoisotopic (exact) mass is 612 g/mol. The number of hydrogen-bond donors (Lipinski definition) is 2. The highest BCUT2D eigenvalue weighted by Crippen LogP contribution is 2.40. The van der Waals surface area contributed by atoms with Gasteiger partial charge in [0, 0.05) is 37.1 Å². The van der Waals surface area contributed by atoms with Gasteiger partial charge >= 0.3 is 0 Å². The highest BCUT2D eigenvalue weighted by Gasteiger charge is 2.49. The molecular formula is C31H41ClN6O3S. The number of sulfone groups is 1. The van der Waals surface area contributed by atoms with E-state index in [1.165, 1.54) is 0 Å². The van der Waals surface area contributed by atoms with Crippen molar-refractivity contribution in [2.75, 3.05) is 43.2 Å². The Balaban J connectivity index is 1.43. The van der Waals surface area contributed by atoms with Crippen molar-refractivity contribution in [3.63, 3.8) is 0 Å². The van der Waals surface area contributed by atoms with Crippen LogP contribution in [0.5, 0.6) is 0 Å². The van der Waals surface area contributed by atoms with Gasteiger partial charge in [-0.1, -0.05) is 43.6 Å². The molecule has 2 fully saturated rings. The molecule has 0 spiro atoms. The largest absolute Gasteiger partial charge is 0.358 e. The van der Waals surface area contributed by atoms with Crippen molar-refractivity contribution < 1.29 is 13.2 Å². The Kier molecular flexibility index (Phi) is 8.97. The standard InChI is InChI=1S/C31H41ClN6O3S/c1-21(2)19-33-23-12-15-31(16-13-23,20-42(40,41)24-8-6-5-7-9-24)38-17-14-27(29(38)39)34-28-25-18-22(32)10-11-26(25)35-30(36-28)37(3)4/h5-11,18,21,23,27,33H,12-17,19-20H2,1-4H3,(H,34,35,36)/t23?,27-,31?/m0/s1. The number of likely N-dealkylation sites (tertiary alicyclic amines) is 1. The molecule has 1 saturated heterocycles. The normalized spacial score (nSPS) is 23.1. The number of benzene rings is 2. The quantitative estimate of drug-likeness (QED) is 0.337. The third kappa shape index (κ3) is 6.50. The number of carbonyl (C=O) groups excluding carboxylic acids is 1. The zero-order chi connectivity index (χ0) is 30.1. The molecule has 2 aromatic carbocycles. The van der Waals surface area contributed by atoms with Crippen LogP contribution in [0, 0.1) is 5.92 Å². The van der Waals surface area contributed by atoms with Crippen LogP contribution in [0.15, 0.2) is 53.4 Å². The zero-order valence-corrected chi connectivity index (χ0v) is 26.4. The van der Waals surface area contributed by atoms with E-state index in [0.717, 1.165) is 30.3 Å². The lowest BCUT2D eigenvalue weighted by Crippen LogP contribution is -2.58. The molecule has 1 aliphatic carbocycles. The fourth-order valence-corrected chi connectivity index (χ4v) is 8.23. The van der Waals surface area contributed by atoms with E-state index >= 15 is 0 Å². The van der Waals surface area contributed by atoms with Crippen molar-refractivity contribution in [1.29, 1.82) is 0 Å². The van der Waals surface area contributed by atoms with Gasteiger partial charge in [0.25, 0.3) is 0 Å². The molecule has 1 aromatic heterocycles. The minimum atomic E-state index is -3.62. The summed E-state index contributed by atoms with van der Waals surface area (Å²) < 4.78 is 27.4. The maximum absolute atomic E-state index is 14.1. The van der Waals surface area contributed by atoms with Gasteiger partial charge in [-0.3, -0.25) is 4.79 Å². The van der Waals surface area contributed by atoms with Crippen molar-refractivity contribution >= 4 is 50.0 Å². The fraction of sp³-hybridized carbons (Fsp3) is 0.516. The molecule has 0 radical (unpaired) electrons. The summed E-state index contributed by atoms with van der Waals surface area (Å²) in [5, 5.41) is 8.32. The van der Waals surface area contributed by atoms with Crippen LogP contribution in [0.1, 0.15) is 46.0 Å². The van der Waals surface area contributed by atoms with Crippen LogP contribution in [0.2, 0.25) is 5.02 Å². The summed E-state index contributed by atoms with van der Waals surface area (Å²) >= 11 is 6.31. The van der Waals surface area contributed by atoms with Crippen molar-refractivity contribution in [3.05, 3.63) is 53.6 Å². The summed E-state index contributed by atoms with van der Waals surface area (Å²) in [6.45, 7) is 5.76. The Hall–Kier alpha value is -2.95. The van der Waals surface area contributed by atoms with E-state index in [-0.39, 0.29) is 11.7 Å². The van der Waals surface area contributed by atoms with Gasteiger partial charge in [0.2, 0.25) is 11.9 Å². The molecule has 0 unspecified atom stereocenters. The summed E-state index contributed by atoms with van der Waals surface area (Å²) in [5.74, 6) is 1.41. The first-order valence-corrected chi connectivity index (χ1v) is 16.7. The SMILES string of the molecule is CC(C)CNC1CCC(CS(=O)(=O)c2ccccc2)(N2CC[C@H](Nc3nc(N(C)C)nc4ccc(Cl)cc34)C2=O)CC1. The van der Waals surface area contributed by atoms with Crippen LogP contribution in [0.25, 0.3) is 10.9 Å². The highest BCUT2D eigenvalue weighted by atomic mass is 35.5. The molecule has 226 valence electrons. The maximum Gasteiger partial charge on any atom is 0.245 e. The van der Waals surface area contributed by atoms with Crippen molar-refractivity contribution in [2.45, 2.75) is 68.5 Å². The number of aromatic nitrogens is 2. The molecule has 1 aliphatic heterocycles. The summed E-state index contributed by atoms with van der Waals surface area (Å²) in [5.41, 5.74) is -0.0510. The molecule has 5 rings (SSSR count). The lowest BCUT2D eigenvalue weighted by Gasteiger charge is -2.46. The van der Waals surface area contributed by atoms with Gasteiger partial charge in [-0.2, -0.15) is 4.98 Å². The predicted octanol–water partition coefficient (Wildman–Crippen LogP) is 4.76. The van der Waals surface area contributed by atoms with Gasteiger partial charge < -0.3 is 20.4 Å². The number of nitrogens with zero attached hydrogens (tertiary/aromatic N) is 4. The molecule has 1 atom stereocenters. The van der Waals surface area contributed by atoms with Crippen LogP contribution in [0.4, 0.5) is 11.8 Å². The van der Waals surface area contributed by atoms with E-state index in [0.29, 0.717) is 59.5 Å². The third-order valence-electron chi connectivity index (χ3n) is 8.43. The number of rotatable bonds is 10. The Morgan fingerprint density at radius 1 is 1.07 bits per heavy atom. The lowest BCUT2D eigenvalue weighted by molar-refractivity contribution is -0.134. The average molecular weight is 613 g/mol. The molecule has 9 nitrogen and oxygen atoms in total. The molecule has 2 N–H and O–H groups in total. The van der Waals surface area contributed by atoms with E-state index in [1.807, 2.05) is 36.0 Å². The number of amides is 1. The van der Waals surface area contributed by atoms with E-state index in [9.17, 15) is 13.2 Å². The Morgan fingerprint density at radius 3 is 2.45 bits per heavy atom. The van der Waals surface area contributed by atoms with Gasteiger partial charge in [-0.25, -0.2) is 13.4 Å². The second-order valence-corrected chi connectivity index (χ2v) is 14.7. The third-order valence-corrected chi connectivity index (χ3v) is 10.6. The molecule has 1 amide bonds. The first-order chi connectivity index (χ1) is 20.0. The van der Waals surface area contributed by atoms with Crippen LogP contribution in [-0.2, 0) is 14.6 Å². The number of hydrogen-bond acceptors (Lipinski definition) is 8. The van der Waals surface area contributed by atoms with Crippen molar-refractivity contribution in [2.24, 2.45) is 5.92 Å². The molecule has 2 aliphatic rings. The summed E-state index contributed by atoms with van der Waals surface area (Å²) in [4.78, 5) is 27.4. The summed E-state index contributed by atoms with van der Waals surface area (Å²) in [6, 6.07) is 13.8. The van der Waals surface area contributed by atoms with E-state index in [1.54, 1.807) is 36.4 Å². The zero-order valence-electron chi connectivity index (χ0n) is 24.8. The molecule has 3 aromatic rings. The van der Waals surface area contributed by atoms with Gasteiger partial charge in [0.05, 0.1) is 21.7 Å². The van der Waals surface area contributed by atoms with Crippen LogP contribution in [-0.4, -0.2) is 79.8 Å². The number of halogens is 1. The second-order valence-electron chi connectivity index (χ2n) is 12.3. The van der Waals surface area contributed by atoms with E-state index in [4.69, 9.17) is 16.6 Å². The molecule has 0 bridgehead atoms. The van der Waals surface area contributed by atoms with Crippen LogP contribution < -0.4 is 15.5 Å². The maximum atomic E-state index is 14.1. The highest BCUT2D eigenvalue weighted by molar-refractivity contribution is 7.91. The number of nitrogens with one attached hydrogen (secondary N) is 2. The fourth-order valence-electron chi connectivity index (χ4n) is 6.17. The van der Waals surface area contributed by atoms with Gasteiger partial charge in [-0.15, -0.1) is 0 Å². The van der Waals surface area contributed by atoms with Gasteiger partial charge in [0.1, 0.15) is 11.9 Å². The molecular weight excluding hydrogens is 572 g/mol. The van der Waals surface area contributed by atoms with Gasteiger partial charge in [-0.05, 0) is 74.9 Å². The number of anilines is 2. The minimum absolute atomic E-state index is 0.0871. The lowest BCUT2D eigenvalue weighted by atomic mass is 9.79.